The molecule has 1 aromatic heterocycles. The summed E-state index contributed by atoms with van der Waals surface area (Å²) in [7, 11) is 0. The molecule has 0 atom stereocenters. The molecule has 94 valence electrons. The number of aryl methyl sites for hydroxylation is 1. The smallest absolute Gasteiger partial charge is 0.325 e. The third-order valence-electron chi connectivity index (χ3n) is 2.80. The second-order valence-electron chi connectivity index (χ2n) is 4.10. The van der Waals surface area contributed by atoms with E-state index in [-0.39, 0.29) is 6.54 Å². The summed E-state index contributed by atoms with van der Waals surface area (Å²) in [5.74, 6) is -0.886. The summed E-state index contributed by atoms with van der Waals surface area (Å²) in [5.41, 5.74) is 3.77. The minimum atomic E-state index is -0.886. The largest absolute Gasteiger partial charge is 0.480 e. The number of hydrogen-bond acceptors (Lipinski definition) is 2. The molecule has 4 nitrogen and oxygen atoms in total. The van der Waals surface area contributed by atoms with Crippen molar-refractivity contribution in [3.8, 4) is 11.1 Å². The maximum absolute atomic E-state index is 10.8. The van der Waals surface area contributed by atoms with E-state index >= 15 is 0 Å². The van der Waals surface area contributed by atoms with Crippen LogP contribution < -0.4 is 0 Å². The number of benzene rings is 1. The number of carbonyl (C=O) groups is 1. The summed E-state index contributed by atoms with van der Waals surface area (Å²) in [4.78, 5) is 10.8. The Morgan fingerprint density at radius 2 is 1.94 bits per heavy atom. The van der Waals surface area contributed by atoms with Crippen molar-refractivity contribution in [1.29, 1.82) is 0 Å². The van der Waals surface area contributed by atoms with E-state index in [4.69, 9.17) is 5.11 Å². The molecule has 0 radical (unpaired) electrons. The lowest BCUT2D eigenvalue weighted by molar-refractivity contribution is -0.137. The number of carboxylic acid groups (broad SMARTS) is 1. The molecule has 1 N–H and O–H groups in total. The zero-order valence-electron chi connectivity index (χ0n) is 10.1. The van der Waals surface area contributed by atoms with Gasteiger partial charge in [-0.05, 0) is 31.5 Å². The number of aromatic nitrogens is 2. The van der Waals surface area contributed by atoms with E-state index in [9.17, 15) is 4.79 Å². The monoisotopic (exact) mass is 308 g/mol. The molecule has 1 heterocycles. The highest BCUT2D eigenvalue weighted by molar-refractivity contribution is 9.10. The fourth-order valence-corrected chi connectivity index (χ4v) is 2.28. The molecule has 0 aliphatic carbocycles. The molecule has 0 fully saturated rings. The van der Waals surface area contributed by atoms with Crippen molar-refractivity contribution in [2.24, 2.45) is 0 Å². The molecule has 1 aromatic carbocycles. The van der Waals surface area contributed by atoms with Crippen LogP contribution in [0.5, 0.6) is 0 Å². The second kappa shape index (κ2) is 4.94. The molecular formula is C13H13BrN2O2. The first kappa shape index (κ1) is 12.8. The van der Waals surface area contributed by atoms with Crippen molar-refractivity contribution in [2.75, 3.05) is 0 Å². The van der Waals surface area contributed by atoms with Crippen LogP contribution in [0.4, 0.5) is 0 Å². The Kier molecular flexibility index (Phi) is 3.52. The van der Waals surface area contributed by atoms with E-state index in [0.29, 0.717) is 0 Å². The Bertz CT molecular complexity index is 588. The molecular weight excluding hydrogens is 296 g/mol. The zero-order valence-corrected chi connectivity index (χ0v) is 11.7. The molecule has 0 bridgehead atoms. The van der Waals surface area contributed by atoms with Gasteiger partial charge < -0.3 is 5.11 Å². The van der Waals surface area contributed by atoms with Gasteiger partial charge in [0.25, 0.3) is 0 Å². The van der Waals surface area contributed by atoms with Crippen LogP contribution >= 0.6 is 15.9 Å². The topological polar surface area (TPSA) is 55.1 Å². The lowest BCUT2D eigenvalue weighted by atomic mass is 10.0. The predicted molar refractivity (Wildman–Crippen MR) is 72.5 cm³/mol. The normalized spacial score (nSPS) is 10.6. The summed E-state index contributed by atoms with van der Waals surface area (Å²) >= 11 is 3.39. The van der Waals surface area contributed by atoms with E-state index in [2.05, 4.69) is 21.0 Å². The Morgan fingerprint density at radius 1 is 1.33 bits per heavy atom. The fraction of sp³-hybridized carbons (Fsp3) is 0.231. The van der Waals surface area contributed by atoms with Gasteiger partial charge in [-0.2, -0.15) is 5.10 Å². The molecule has 18 heavy (non-hydrogen) atoms. The standard InChI is InChI=1S/C13H13BrN2O2/c1-8-13(10-3-5-11(14)6-4-10)9(2)16(15-8)7-12(17)18/h3-6H,7H2,1-2H3,(H,17,18). The highest BCUT2D eigenvalue weighted by atomic mass is 79.9. The summed E-state index contributed by atoms with van der Waals surface area (Å²) in [6.07, 6.45) is 0. The van der Waals surface area contributed by atoms with Gasteiger partial charge in [0, 0.05) is 15.7 Å². The van der Waals surface area contributed by atoms with Gasteiger partial charge in [-0.25, -0.2) is 0 Å². The summed E-state index contributed by atoms with van der Waals surface area (Å²) in [5, 5.41) is 13.1. The van der Waals surface area contributed by atoms with Crippen molar-refractivity contribution in [1.82, 2.24) is 9.78 Å². The SMILES string of the molecule is Cc1nn(CC(=O)O)c(C)c1-c1ccc(Br)cc1. The number of aliphatic carboxylic acids is 1. The van der Waals surface area contributed by atoms with Crippen LogP contribution in [0.25, 0.3) is 11.1 Å². The first-order chi connectivity index (χ1) is 8.49. The molecule has 5 heteroatoms. The average Bonchev–Trinajstić information content (AvgIpc) is 2.55. The van der Waals surface area contributed by atoms with Gasteiger partial charge in [-0.15, -0.1) is 0 Å². The van der Waals surface area contributed by atoms with Crippen LogP contribution in [-0.4, -0.2) is 20.9 Å². The first-order valence-electron chi connectivity index (χ1n) is 5.51. The van der Waals surface area contributed by atoms with Gasteiger partial charge in [0.2, 0.25) is 0 Å². The van der Waals surface area contributed by atoms with E-state index < -0.39 is 5.97 Å². The van der Waals surface area contributed by atoms with E-state index in [1.54, 1.807) is 0 Å². The highest BCUT2D eigenvalue weighted by Gasteiger charge is 2.14. The number of rotatable bonds is 3. The molecule has 0 aliphatic rings. The van der Waals surface area contributed by atoms with E-state index in [0.717, 1.165) is 27.0 Å². The van der Waals surface area contributed by atoms with Gasteiger partial charge in [0.15, 0.2) is 0 Å². The van der Waals surface area contributed by atoms with Crippen molar-refractivity contribution < 1.29 is 9.90 Å². The Labute approximate surface area is 113 Å². The first-order valence-corrected chi connectivity index (χ1v) is 6.30. The molecule has 0 spiro atoms. The van der Waals surface area contributed by atoms with E-state index in [1.165, 1.54) is 4.68 Å². The minimum absolute atomic E-state index is 0.108. The van der Waals surface area contributed by atoms with Crippen molar-refractivity contribution in [3.63, 3.8) is 0 Å². The third kappa shape index (κ3) is 2.46. The van der Waals surface area contributed by atoms with Gasteiger partial charge in [-0.1, -0.05) is 28.1 Å². The minimum Gasteiger partial charge on any atom is -0.480 e. The van der Waals surface area contributed by atoms with Crippen LogP contribution in [0.15, 0.2) is 28.7 Å². The molecule has 0 saturated heterocycles. The molecule has 0 saturated carbocycles. The lowest BCUT2D eigenvalue weighted by Gasteiger charge is -2.03. The quantitative estimate of drug-likeness (QED) is 0.948. The Hall–Kier alpha value is -1.62. The van der Waals surface area contributed by atoms with Crippen LogP contribution in [-0.2, 0) is 11.3 Å². The average molecular weight is 309 g/mol. The number of halogens is 1. The number of hydrogen-bond donors (Lipinski definition) is 1. The maximum Gasteiger partial charge on any atom is 0.325 e. The van der Waals surface area contributed by atoms with Crippen LogP contribution in [0.2, 0.25) is 0 Å². The van der Waals surface area contributed by atoms with Crippen LogP contribution in [0, 0.1) is 13.8 Å². The summed E-state index contributed by atoms with van der Waals surface area (Å²) < 4.78 is 2.54. The van der Waals surface area contributed by atoms with Crippen molar-refractivity contribution in [3.05, 3.63) is 40.1 Å². The molecule has 0 aliphatic heterocycles. The van der Waals surface area contributed by atoms with Gasteiger partial charge in [-0.3, -0.25) is 9.48 Å². The van der Waals surface area contributed by atoms with Crippen molar-refractivity contribution in [2.45, 2.75) is 20.4 Å². The lowest BCUT2D eigenvalue weighted by Crippen LogP contribution is -2.11. The Balaban J connectivity index is 2.48. The maximum atomic E-state index is 10.8. The highest BCUT2D eigenvalue weighted by Crippen LogP contribution is 2.27. The molecule has 0 amide bonds. The fourth-order valence-electron chi connectivity index (χ4n) is 2.01. The van der Waals surface area contributed by atoms with Gasteiger partial charge in [0.1, 0.15) is 6.54 Å². The second-order valence-corrected chi connectivity index (χ2v) is 5.02. The van der Waals surface area contributed by atoms with Crippen LogP contribution in [0.1, 0.15) is 11.4 Å². The molecule has 2 rings (SSSR count). The molecule has 2 aromatic rings. The van der Waals surface area contributed by atoms with Crippen LogP contribution in [0.3, 0.4) is 0 Å². The Morgan fingerprint density at radius 3 is 2.50 bits per heavy atom. The summed E-state index contributed by atoms with van der Waals surface area (Å²) in [6.45, 7) is 3.67. The predicted octanol–water partition coefficient (Wildman–Crippen LogP) is 3.01. The summed E-state index contributed by atoms with van der Waals surface area (Å²) in [6, 6.07) is 7.91. The van der Waals surface area contributed by atoms with Gasteiger partial charge in [0.05, 0.1) is 5.69 Å². The number of nitrogens with zero attached hydrogens (tertiary/aromatic N) is 2. The number of carboxylic acids is 1. The third-order valence-corrected chi connectivity index (χ3v) is 3.33. The van der Waals surface area contributed by atoms with Crippen molar-refractivity contribution >= 4 is 21.9 Å². The van der Waals surface area contributed by atoms with Gasteiger partial charge >= 0.3 is 5.97 Å². The van der Waals surface area contributed by atoms with E-state index in [1.807, 2.05) is 38.1 Å². The zero-order chi connectivity index (χ0) is 13.3. The molecule has 0 unspecified atom stereocenters.